The van der Waals surface area contributed by atoms with Crippen LogP contribution in [0.1, 0.15) is 38.5 Å². The van der Waals surface area contributed by atoms with Crippen molar-refractivity contribution in [1.29, 1.82) is 0 Å². The molecule has 0 aromatic heterocycles. The Morgan fingerprint density at radius 2 is 1.63 bits per heavy atom. The summed E-state index contributed by atoms with van der Waals surface area (Å²) in [4.78, 5) is 0. The number of rotatable bonds is 2. The van der Waals surface area contributed by atoms with Gasteiger partial charge in [0.1, 0.15) is 9.84 Å². The van der Waals surface area contributed by atoms with E-state index in [0.717, 1.165) is 19.3 Å². The van der Waals surface area contributed by atoms with Crippen LogP contribution in [0.25, 0.3) is 0 Å². The van der Waals surface area contributed by atoms with E-state index >= 15 is 0 Å². The lowest BCUT2D eigenvalue weighted by atomic mass is 10.2. The van der Waals surface area contributed by atoms with Gasteiger partial charge in [-0.2, -0.15) is 4.31 Å². The molecule has 19 heavy (non-hydrogen) atoms. The lowest BCUT2D eigenvalue weighted by molar-refractivity contribution is 0.323. The van der Waals surface area contributed by atoms with E-state index in [-0.39, 0.29) is 24.3 Å². The van der Waals surface area contributed by atoms with Gasteiger partial charge in [-0.15, -0.1) is 0 Å². The SMILES string of the molecule is NC1CCCCCN1S(=O)(=O)C1CCS(=O)(=O)CC1. The molecule has 0 aromatic carbocycles. The van der Waals surface area contributed by atoms with Gasteiger partial charge in [0.05, 0.1) is 22.9 Å². The third-order valence-electron chi connectivity index (χ3n) is 4.00. The molecule has 2 saturated heterocycles. The first-order valence-corrected chi connectivity index (χ1v) is 10.1. The maximum atomic E-state index is 12.6. The number of hydrogen-bond donors (Lipinski definition) is 1. The Kier molecular flexibility index (Phi) is 4.54. The summed E-state index contributed by atoms with van der Waals surface area (Å²) in [5, 5.41) is -0.583. The van der Waals surface area contributed by atoms with Gasteiger partial charge < -0.3 is 5.73 Å². The topological polar surface area (TPSA) is 97.5 Å². The first-order chi connectivity index (χ1) is 8.83. The molecule has 0 spiro atoms. The molecule has 0 aromatic rings. The van der Waals surface area contributed by atoms with Crippen molar-refractivity contribution in [3.63, 3.8) is 0 Å². The lowest BCUT2D eigenvalue weighted by Gasteiger charge is -2.32. The Morgan fingerprint density at radius 1 is 1.00 bits per heavy atom. The van der Waals surface area contributed by atoms with Crippen molar-refractivity contribution in [3.8, 4) is 0 Å². The highest BCUT2D eigenvalue weighted by molar-refractivity contribution is 7.92. The second-order valence-corrected chi connectivity index (χ2v) is 9.89. The number of sulfone groups is 1. The van der Waals surface area contributed by atoms with Crippen LogP contribution in [-0.4, -0.2) is 50.6 Å². The molecular formula is C11H22N2O4S2. The lowest BCUT2D eigenvalue weighted by Crippen LogP contribution is -2.50. The maximum absolute atomic E-state index is 12.6. The molecule has 0 saturated carbocycles. The number of sulfonamides is 1. The van der Waals surface area contributed by atoms with Crippen molar-refractivity contribution in [2.24, 2.45) is 5.73 Å². The molecule has 2 N–H and O–H groups in total. The van der Waals surface area contributed by atoms with Gasteiger partial charge in [-0.05, 0) is 25.7 Å². The molecule has 2 rings (SSSR count). The van der Waals surface area contributed by atoms with Crippen molar-refractivity contribution in [1.82, 2.24) is 4.31 Å². The molecule has 2 fully saturated rings. The van der Waals surface area contributed by atoms with Crippen molar-refractivity contribution in [2.75, 3.05) is 18.1 Å². The average molecular weight is 310 g/mol. The molecule has 1 unspecified atom stereocenters. The van der Waals surface area contributed by atoms with E-state index in [1.165, 1.54) is 4.31 Å². The van der Waals surface area contributed by atoms with E-state index in [2.05, 4.69) is 0 Å². The van der Waals surface area contributed by atoms with E-state index in [0.29, 0.717) is 13.0 Å². The van der Waals surface area contributed by atoms with E-state index in [4.69, 9.17) is 5.73 Å². The Hall–Kier alpha value is -0.180. The van der Waals surface area contributed by atoms with Crippen LogP contribution in [0.2, 0.25) is 0 Å². The van der Waals surface area contributed by atoms with Crippen LogP contribution in [-0.2, 0) is 19.9 Å². The highest BCUT2D eigenvalue weighted by Crippen LogP contribution is 2.26. The normalized spacial score (nSPS) is 30.9. The smallest absolute Gasteiger partial charge is 0.218 e. The fraction of sp³-hybridized carbons (Fsp3) is 1.00. The summed E-state index contributed by atoms with van der Waals surface area (Å²) in [6, 6.07) is 0. The third-order valence-corrected chi connectivity index (χ3v) is 8.13. The van der Waals surface area contributed by atoms with Crippen LogP contribution in [0.5, 0.6) is 0 Å². The first kappa shape index (κ1) is 15.2. The van der Waals surface area contributed by atoms with E-state index < -0.39 is 31.3 Å². The summed E-state index contributed by atoms with van der Waals surface area (Å²) in [5.74, 6) is -0.0556. The molecule has 0 aliphatic carbocycles. The Bertz CT molecular complexity index is 501. The van der Waals surface area contributed by atoms with Crippen molar-refractivity contribution in [2.45, 2.75) is 49.9 Å². The van der Waals surface area contributed by atoms with Crippen LogP contribution < -0.4 is 5.73 Å². The highest BCUT2D eigenvalue weighted by Gasteiger charge is 2.38. The Labute approximate surface area is 115 Å². The second-order valence-electron chi connectivity index (χ2n) is 5.42. The largest absolute Gasteiger partial charge is 0.315 e. The summed E-state index contributed by atoms with van der Waals surface area (Å²) in [5.41, 5.74) is 5.95. The minimum absolute atomic E-state index is 0.0278. The predicted octanol–water partition coefficient (Wildman–Crippen LogP) is 0.0542. The molecule has 6 nitrogen and oxygen atoms in total. The van der Waals surface area contributed by atoms with Crippen molar-refractivity contribution >= 4 is 19.9 Å². The zero-order chi connectivity index (χ0) is 14.1. The molecule has 2 heterocycles. The highest BCUT2D eigenvalue weighted by atomic mass is 32.2. The van der Waals surface area contributed by atoms with Crippen molar-refractivity contribution < 1.29 is 16.8 Å². The van der Waals surface area contributed by atoms with Crippen LogP contribution in [0.4, 0.5) is 0 Å². The minimum atomic E-state index is -3.46. The quantitative estimate of drug-likeness (QED) is 0.777. The van der Waals surface area contributed by atoms with Crippen LogP contribution in [0.15, 0.2) is 0 Å². The Balaban J connectivity index is 2.13. The summed E-state index contributed by atoms with van der Waals surface area (Å²) in [7, 11) is -6.51. The molecular weight excluding hydrogens is 288 g/mol. The van der Waals surface area contributed by atoms with Crippen molar-refractivity contribution in [3.05, 3.63) is 0 Å². The number of hydrogen-bond acceptors (Lipinski definition) is 5. The third kappa shape index (κ3) is 3.48. The van der Waals surface area contributed by atoms with Gasteiger partial charge in [0, 0.05) is 6.54 Å². The van der Waals surface area contributed by atoms with Gasteiger partial charge in [-0.25, -0.2) is 16.8 Å². The second kappa shape index (κ2) is 5.67. The maximum Gasteiger partial charge on any atom is 0.218 e. The van der Waals surface area contributed by atoms with E-state index in [1.807, 2.05) is 0 Å². The molecule has 112 valence electrons. The molecule has 1 atom stereocenters. The summed E-state index contributed by atoms with van der Waals surface area (Å²) in [6.45, 7) is 0.465. The molecule has 8 heteroatoms. The fourth-order valence-electron chi connectivity index (χ4n) is 2.78. The van der Waals surface area contributed by atoms with E-state index in [1.54, 1.807) is 0 Å². The van der Waals surface area contributed by atoms with Gasteiger partial charge in [0.15, 0.2) is 0 Å². The zero-order valence-electron chi connectivity index (χ0n) is 11.0. The molecule has 2 aliphatic rings. The summed E-state index contributed by atoms with van der Waals surface area (Å²) >= 11 is 0. The van der Waals surface area contributed by atoms with Gasteiger partial charge in [-0.3, -0.25) is 0 Å². The first-order valence-electron chi connectivity index (χ1n) is 6.79. The zero-order valence-corrected chi connectivity index (χ0v) is 12.6. The summed E-state index contributed by atoms with van der Waals surface area (Å²) in [6.07, 6.45) is 3.42. The molecule has 0 amide bonds. The molecule has 0 radical (unpaired) electrons. The number of nitrogens with two attached hydrogens (primary N) is 1. The minimum Gasteiger partial charge on any atom is -0.315 e. The predicted molar refractivity (Wildman–Crippen MR) is 73.7 cm³/mol. The fourth-order valence-corrected chi connectivity index (χ4v) is 6.65. The van der Waals surface area contributed by atoms with Crippen LogP contribution >= 0.6 is 0 Å². The van der Waals surface area contributed by atoms with Gasteiger partial charge in [0.2, 0.25) is 10.0 Å². The molecule has 0 bridgehead atoms. The Morgan fingerprint density at radius 3 is 2.26 bits per heavy atom. The molecule has 2 aliphatic heterocycles. The van der Waals surface area contributed by atoms with Gasteiger partial charge in [0.25, 0.3) is 0 Å². The van der Waals surface area contributed by atoms with Gasteiger partial charge >= 0.3 is 0 Å². The average Bonchev–Trinajstić information content (AvgIpc) is 2.53. The number of nitrogens with zero attached hydrogens (tertiary/aromatic N) is 1. The van der Waals surface area contributed by atoms with Crippen LogP contribution in [0.3, 0.4) is 0 Å². The van der Waals surface area contributed by atoms with E-state index in [9.17, 15) is 16.8 Å². The van der Waals surface area contributed by atoms with Gasteiger partial charge in [-0.1, -0.05) is 12.8 Å². The standard InChI is InChI=1S/C11H22N2O4S2/c12-11-4-2-1-3-7-13(11)19(16,17)10-5-8-18(14,15)9-6-10/h10-11H,1-9,12H2. The van der Waals surface area contributed by atoms with Crippen LogP contribution in [0, 0.1) is 0 Å². The summed E-state index contributed by atoms with van der Waals surface area (Å²) < 4.78 is 49.3. The monoisotopic (exact) mass is 310 g/mol.